The van der Waals surface area contributed by atoms with Gasteiger partial charge in [0.2, 0.25) is 11.8 Å². The molecule has 2 aliphatic heterocycles. The van der Waals surface area contributed by atoms with Crippen molar-refractivity contribution in [2.45, 2.75) is 50.4 Å². The first-order valence-corrected chi connectivity index (χ1v) is 12.2. The van der Waals surface area contributed by atoms with Gasteiger partial charge < -0.3 is 15.0 Å². The van der Waals surface area contributed by atoms with E-state index in [4.69, 9.17) is 9.72 Å². The lowest BCUT2D eigenvalue weighted by Crippen LogP contribution is -2.43. The SMILES string of the molecule is C=CCn1c(=O)c2cnc(Nc3cnn(C)c3)nc2n1-c1cccc(OC2CC3CCC(C2)N3C)n1. The fourth-order valence-corrected chi connectivity index (χ4v) is 5.44. The first kappa shape index (κ1) is 22.5. The molecule has 186 valence electrons. The number of aromatic nitrogens is 7. The number of pyridine rings is 1. The highest BCUT2D eigenvalue weighted by Gasteiger charge is 2.39. The fraction of sp³-hybridized carbons (Fsp3) is 0.400. The van der Waals surface area contributed by atoms with Gasteiger partial charge in [0.05, 0.1) is 18.4 Å². The molecule has 2 bridgehead atoms. The summed E-state index contributed by atoms with van der Waals surface area (Å²) in [6, 6.07) is 6.76. The van der Waals surface area contributed by atoms with Gasteiger partial charge >= 0.3 is 0 Å². The van der Waals surface area contributed by atoms with Crippen LogP contribution < -0.4 is 15.6 Å². The molecule has 0 aromatic carbocycles. The highest BCUT2D eigenvalue weighted by atomic mass is 16.5. The Morgan fingerprint density at radius 1 is 1.17 bits per heavy atom. The van der Waals surface area contributed by atoms with Crippen molar-refractivity contribution in [3.8, 4) is 11.7 Å². The Morgan fingerprint density at radius 2 is 1.97 bits per heavy atom. The molecule has 4 aromatic rings. The highest BCUT2D eigenvalue weighted by Crippen LogP contribution is 2.35. The van der Waals surface area contributed by atoms with E-state index >= 15 is 0 Å². The van der Waals surface area contributed by atoms with Gasteiger partial charge in [0.1, 0.15) is 11.5 Å². The van der Waals surface area contributed by atoms with Crippen molar-refractivity contribution in [1.29, 1.82) is 0 Å². The molecular weight excluding hydrogens is 458 g/mol. The van der Waals surface area contributed by atoms with Crippen molar-refractivity contribution in [3.63, 3.8) is 0 Å². The molecule has 2 fully saturated rings. The Labute approximate surface area is 208 Å². The Bertz CT molecular complexity index is 1470. The molecule has 36 heavy (non-hydrogen) atoms. The highest BCUT2D eigenvalue weighted by molar-refractivity contribution is 5.77. The average molecular weight is 488 g/mol. The molecule has 6 heterocycles. The molecule has 0 amide bonds. The smallest absolute Gasteiger partial charge is 0.278 e. The van der Waals surface area contributed by atoms with Gasteiger partial charge in [-0.2, -0.15) is 15.1 Å². The van der Waals surface area contributed by atoms with Gasteiger partial charge in [-0.3, -0.25) is 9.48 Å². The number of rotatable bonds is 7. The monoisotopic (exact) mass is 487 g/mol. The van der Waals surface area contributed by atoms with Crippen molar-refractivity contribution in [3.05, 3.63) is 59.8 Å². The summed E-state index contributed by atoms with van der Waals surface area (Å²) >= 11 is 0. The summed E-state index contributed by atoms with van der Waals surface area (Å²) in [5, 5.41) is 7.70. The lowest BCUT2D eigenvalue weighted by molar-refractivity contribution is 0.0632. The average Bonchev–Trinajstić information content (AvgIpc) is 3.45. The maximum atomic E-state index is 13.2. The third-order valence-corrected chi connectivity index (χ3v) is 7.21. The van der Waals surface area contributed by atoms with Crippen LogP contribution in [0.2, 0.25) is 0 Å². The van der Waals surface area contributed by atoms with E-state index in [0.29, 0.717) is 47.3 Å². The number of aryl methyl sites for hydroxylation is 1. The van der Waals surface area contributed by atoms with Crippen LogP contribution in [-0.2, 0) is 13.6 Å². The van der Waals surface area contributed by atoms with E-state index in [0.717, 1.165) is 18.5 Å². The van der Waals surface area contributed by atoms with Gasteiger partial charge in [-0.05, 0) is 38.8 Å². The molecule has 2 unspecified atom stereocenters. The van der Waals surface area contributed by atoms with Crippen LogP contribution in [0.3, 0.4) is 0 Å². The quantitative estimate of drug-likeness (QED) is 0.397. The molecule has 2 atom stereocenters. The maximum absolute atomic E-state index is 13.2. The van der Waals surface area contributed by atoms with Crippen LogP contribution in [0, 0.1) is 0 Å². The summed E-state index contributed by atoms with van der Waals surface area (Å²) < 4.78 is 11.3. The number of hydrogen-bond acceptors (Lipinski definition) is 8. The van der Waals surface area contributed by atoms with Crippen molar-refractivity contribution in [2.75, 3.05) is 12.4 Å². The van der Waals surface area contributed by atoms with Crippen molar-refractivity contribution >= 4 is 22.7 Å². The van der Waals surface area contributed by atoms with Crippen LogP contribution in [0.5, 0.6) is 5.88 Å². The lowest BCUT2D eigenvalue weighted by atomic mass is 10.0. The van der Waals surface area contributed by atoms with Crippen molar-refractivity contribution < 1.29 is 4.74 Å². The lowest BCUT2D eigenvalue weighted by Gasteiger charge is -2.36. The molecule has 0 radical (unpaired) electrons. The van der Waals surface area contributed by atoms with E-state index in [2.05, 4.69) is 38.9 Å². The molecule has 11 heteroatoms. The normalized spacial score (nSPS) is 21.7. The zero-order chi connectivity index (χ0) is 24.8. The summed E-state index contributed by atoms with van der Waals surface area (Å²) in [5.74, 6) is 1.45. The summed E-state index contributed by atoms with van der Waals surface area (Å²) in [4.78, 5) is 29.5. The zero-order valence-electron chi connectivity index (χ0n) is 20.4. The van der Waals surface area contributed by atoms with Gasteiger partial charge in [0.25, 0.3) is 5.56 Å². The molecule has 4 aromatic heterocycles. The van der Waals surface area contributed by atoms with Gasteiger partial charge in [-0.15, -0.1) is 6.58 Å². The molecule has 2 saturated heterocycles. The predicted molar refractivity (Wildman–Crippen MR) is 136 cm³/mol. The third kappa shape index (κ3) is 3.95. The maximum Gasteiger partial charge on any atom is 0.278 e. The van der Waals surface area contributed by atoms with E-state index < -0.39 is 0 Å². The van der Waals surface area contributed by atoms with E-state index in [1.807, 2.05) is 31.4 Å². The minimum Gasteiger partial charge on any atom is -0.474 e. The van der Waals surface area contributed by atoms with Crippen LogP contribution in [0.15, 0.2) is 54.2 Å². The third-order valence-electron chi connectivity index (χ3n) is 7.21. The Balaban J connectivity index is 1.37. The van der Waals surface area contributed by atoms with Gasteiger partial charge in [-0.1, -0.05) is 12.1 Å². The number of allylic oxidation sites excluding steroid dienone is 1. The number of nitrogens with zero attached hydrogens (tertiary/aromatic N) is 8. The molecular formula is C25H29N9O2. The van der Waals surface area contributed by atoms with Gasteiger partial charge in [-0.25, -0.2) is 14.3 Å². The zero-order valence-corrected chi connectivity index (χ0v) is 20.4. The molecule has 0 saturated carbocycles. The Kier molecular flexibility index (Phi) is 5.56. The molecule has 2 aliphatic rings. The number of nitrogens with one attached hydrogen (secondary N) is 1. The Hall–Kier alpha value is -3.99. The summed E-state index contributed by atoms with van der Waals surface area (Å²) in [6.45, 7) is 4.12. The summed E-state index contributed by atoms with van der Waals surface area (Å²) in [5.41, 5.74) is 0.986. The van der Waals surface area contributed by atoms with Crippen LogP contribution in [0.1, 0.15) is 25.7 Å². The fourth-order valence-electron chi connectivity index (χ4n) is 5.44. The second kappa shape index (κ2) is 8.90. The van der Waals surface area contributed by atoms with Crippen LogP contribution in [-0.4, -0.2) is 64.2 Å². The second-order valence-corrected chi connectivity index (χ2v) is 9.54. The predicted octanol–water partition coefficient (Wildman–Crippen LogP) is 2.64. The second-order valence-electron chi connectivity index (χ2n) is 9.54. The molecule has 1 N–H and O–H groups in total. The standard InChI is InChI=1S/C25H29N9O2/c1-4-10-33-24(35)20-14-26-25(28-16-13-27-31(2)15-16)30-23(20)34(33)21-6-5-7-22(29-21)36-19-11-17-8-9-18(12-19)32(17)3/h4-7,13-15,17-19H,1,8-12H2,2-3H3,(H,26,28,30). The van der Waals surface area contributed by atoms with Gasteiger partial charge in [0, 0.05) is 37.6 Å². The number of anilines is 2. The minimum atomic E-state index is -0.210. The number of piperidine rings is 1. The van der Waals surface area contributed by atoms with Crippen molar-refractivity contribution in [1.82, 2.24) is 39.0 Å². The summed E-state index contributed by atoms with van der Waals surface area (Å²) in [7, 11) is 4.05. The summed E-state index contributed by atoms with van der Waals surface area (Å²) in [6.07, 6.45) is 11.3. The molecule has 11 nitrogen and oxygen atoms in total. The van der Waals surface area contributed by atoms with E-state index in [1.165, 1.54) is 19.0 Å². The largest absolute Gasteiger partial charge is 0.474 e. The van der Waals surface area contributed by atoms with Crippen LogP contribution in [0.25, 0.3) is 16.9 Å². The Morgan fingerprint density at radius 3 is 2.69 bits per heavy atom. The van der Waals surface area contributed by atoms with Crippen LogP contribution >= 0.6 is 0 Å². The number of ether oxygens (including phenoxy) is 1. The van der Waals surface area contributed by atoms with E-state index in [-0.39, 0.29) is 11.7 Å². The number of fused-ring (bicyclic) bond motifs is 3. The van der Waals surface area contributed by atoms with Gasteiger partial charge in [0.15, 0.2) is 11.5 Å². The minimum absolute atomic E-state index is 0.135. The van der Waals surface area contributed by atoms with Crippen LogP contribution in [0.4, 0.5) is 11.6 Å². The number of hydrogen-bond donors (Lipinski definition) is 1. The first-order valence-electron chi connectivity index (χ1n) is 12.2. The molecule has 6 rings (SSSR count). The topological polar surface area (TPSA) is 108 Å². The van der Waals surface area contributed by atoms with E-state index in [9.17, 15) is 4.79 Å². The van der Waals surface area contributed by atoms with Crippen molar-refractivity contribution in [2.24, 2.45) is 7.05 Å². The molecule has 0 aliphatic carbocycles. The first-order chi connectivity index (χ1) is 17.5. The molecule has 0 spiro atoms. The van der Waals surface area contributed by atoms with E-state index in [1.54, 1.807) is 26.3 Å².